The van der Waals surface area contributed by atoms with Gasteiger partial charge in [-0.1, -0.05) is 57.5 Å². The second-order valence-electron chi connectivity index (χ2n) is 10.5. The number of aryl methyl sites for hydroxylation is 3. The van der Waals surface area contributed by atoms with Gasteiger partial charge in [-0.05, 0) is 71.1 Å². The number of nitrogens with zero attached hydrogens (tertiary/aromatic N) is 3. The maximum atomic E-state index is 4.88. The molecule has 35 heavy (non-hydrogen) atoms. The third-order valence-electron chi connectivity index (χ3n) is 6.91. The minimum absolute atomic E-state index is 0.423. The molecule has 0 fully saturated rings. The Hall–Kier alpha value is -3.11. The van der Waals surface area contributed by atoms with Gasteiger partial charge in [0, 0.05) is 34.0 Å². The summed E-state index contributed by atoms with van der Waals surface area (Å²) in [6, 6.07) is 13.6. The smallest absolute Gasteiger partial charge is 0.260 e. The highest BCUT2D eigenvalue weighted by atomic mass is 32.1. The number of aromatic nitrogens is 3. The van der Waals surface area contributed by atoms with Crippen LogP contribution in [-0.4, -0.2) is 9.97 Å². The third-order valence-corrected chi connectivity index (χ3v) is 7.89. The molecule has 0 atom stereocenters. The van der Waals surface area contributed by atoms with Crippen molar-refractivity contribution in [1.82, 2.24) is 9.97 Å². The number of hydrogen-bond donors (Lipinski definition) is 0. The summed E-state index contributed by atoms with van der Waals surface area (Å²) in [5, 5.41) is 4.97. The summed E-state index contributed by atoms with van der Waals surface area (Å²) in [6.07, 6.45) is 5.02. The summed E-state index contributed by atoms with van der Waals surface area (Å²) in [6.45, 7) is 13.4. The molecule has 0 aliphatic rings. The van der Waals surface area contributed by atoms with Crippen molar-refractivity contribution in [3.63, 3.8) is 0 Å². The number of thiophene rings is 1. The van der Waals surface area contributed by atoms with Crippen LogP contribution in [0.2, 0.25) is 0 Å². The van der Waals surface area contributed by atoms with E-state index in [0.717, 1.165) is 28.8 Å². The van der Waals surface area contributed by atoms with Gasteiger partial charge in [-0.25, -0.2) is 4.57 Å². The predicted molar refractivity (Wildman–Crippen MR) is 149 cm³/mol. The lowest BCUT2D eigenvalue weighted by Gasteiger charge is -2.16. The first-order chi connectivity index (χ1) is 16.7. The Kier molecular flexibility index (Phi) is 6.18. The summed E-state index contributed by atoms with van der Waals surface area (Å²) in [5.74, 6) is 1.02. The van der Waals surface area contributed by atoms with Gasteiger partial charge in [-0.2, -0.15) is 0 Å². The van der Waals surface area contributed by atoms with Crippen LogP contribution in [0.15, 0.2) is 54.3 Å². The molecule has 0 saturated heterocycles. The topological polar surface area (TPSA) is 29.7 Å². The van der Waals surface area contributed by atoms with Crippen LogP contribution in [0.5, 0.6) is 0 Å². The van der Waals surface area contributed by atoms with Crippen molar-refractivity contribution in [2.45, 2.75) is 53.9 Å². The molecule has 3 heterocycles. The van der Waals surface area contributed by atoms with Gasteiger partial charge in [-0.15, -0.1) is 11.3 Å². The lowest BCUT2D eigenvalue weighted by atomic mass is 9.89. The van der Waals surface area contributed by atoms with Crippen molar-refractivity contribution >= 4 is 32.3 Å². The van der Waals surface area contributed by atoms with Crippen molar-refractivity contribution in [3.8, 4) is 22.4 Å². The molecule has 0 unspecified atom stereocenters. The van der Waals surface area contributed by atoms with Crippen LogP contribution >= 0.6 is 11.3 Å². The highest BCUT2D eigenvalue weighted by Crippen LogP contribution is 2.40. The molecule has 0 radical (unpaired) electrons. The van der Waals surface area contributed by atoms with Crippen molar-refractivity contribution in [2.24, 2.45) is 13.0 Å². The van der Waals surface area contributed by atoms with Gasteiger partial charge in [0.15, 0.2) is 5.69 Å². The molecular weight excluding hydrogens is 446 g/mol. The quantitative estimate of drug-likeness (QED) is 0.239. The third kappa shape index (κ3) is 4.25. The Morgan fingerprint density at radius 3 is 2.40 bits per heavy atom. The van der Waals surface area contributed by atoms with Crippen LogP contribution in [0.3, 0.4) is 0 Å². The number of hydrogen-bond acceptors (Lipinski definition) is 3. The monoisotopic (exact) mass is 480 g/mol. The Morgan fingerprint density at radius 2 is 1.71 bits per heavy atom. The Bertz CT molecular complexity index is 1540. The fourth-order valence-electron chi connectivity index (χ4n) is 5.04. The van der Waals surface area contributed by atoms with E-state index in [4.69, 9.17) is 9.97 Å². The van der Waals surface area contributed by atoms with Crippen molar-refractivity contribution < 1.29 is 4.57 Å². The van der Waals surface area contributed by atoms with E-state index in [1.54, 1.807) is 11.3 Å². The van der Waals surface area contributed by atoms with Crippen molar-refractivity contribution in [2.75, 3.05) is 0 Å². The fourth-order valence-corrected chi connectivity index (χ4v) is 6.17. The average molecular weight is 481 g/mol. The molecule has 3 nitrogen and oxygen atoms in total. The summed E-state index contributed by atoms with van der Waals surface area (Å²) in [5.41, 5.74) is 11.0. The van der Waals surface area contributed by atoms with E-state index in [2.05, 4.69) is 94.9 Å². The molecule has 0 spiro atoms. The average Bonchev–Trinajstić information content (AvgIpc) is 3.25. The Morgan fingerprint density at radius 1 is 0.914 bits per heavy atom. The Balaban J connectivity index is 1.75. The molecule has 5 aromatic rings. The maximum Gasteiger partial charge on any atom is 0.287 e. The molecule has 0 bridgehead atoms. The van der Waals surface area contributed by atoms with E-state index in [1.807, 2.05) is 12.5 Å². The number of benzene rings is 2. The number of pyridine rings is 1. The van der Waals surface area contributed by atoms with Crippen LogP contribution < -0.4 is 4.57 Å². The minimum Gasteiger partial charge on any atom is -0.260 e. The molecule has 4 heteroatoms. The second kappa shape index (κ2) is 9.16. The summed E-state index contributed by atoms with van der Waals surface area (Å²) in [4.78, 5) is 9.59. The molecule has 5 rings (SSSR count). The fraction of sp³-hybridized carbons (Fsp3) is 0.323. The van der Waals surface area contributed by atoms with Crippen LogP contribution in [-0.2, 0) is 13.5 Å². The van der Waals surface area contributed by atoms with E-state index in [9.17, 15) is 0 Å². The highest BCUT2D eigenvalue weighted by Gasteiger charge is 2.24. The first-order valence-corrected chi connectivity index (χ1v) is 13.4. The zero-order valence-electron chi connectivity index (χ0n) is 21.8. The van der Waals surface area contributed by atoms with Gasteiger partial charge >= 0.3 is 0 Å². The first-order valence-electron chi connectivity index (χ1n) is 12.5. The van der Waals surface area contributed by atoms with Gasteiger partial charge in [0.05, 0.1) is 7.05 Å². The zero-order chi connectivity index (χ0) is 24.9. The minimum atomic E-state index is 0.423. The van der Waals surface area contributed by atoms with E-state index in [1.165, 1.54) is 43.4 Å². The van der Waals surface area contributed by atoms with E-state index in [-0.39, 0.29) is 0 Å². The number of rotatable bonds is 5. The van der Waals surface area contributed by atoms with Gasteiger partial charge in [0.1, 0.15) is 4.70 Å². The van der Waals surface area contributed by atoms with Crippen molar-refractivity contribution in [3.05, 3.63) is 76.7 Å². The zero-order valence-corrected chi connectivity index (χ0v) is 22.6. The molecule has 3 aromatic heterocycles. The summed E-state index contributed by atoms with van der Waals surface area (Å²) in [7, 11) is 2.11. The van der Waals surface area contributed by atoms with Crippen molar-refractivity contribution in [1.29, 1.82) is 0 Å². The largest absolute Gasteiger partial charge is 0.287 e. The first kappa shape index (κ1) is 23.6. The molecule has 0 aliphatic heterocycles. The summed E-state index contributed by atoms with van der Waals surface area (Å²) >= 11 is 1.78. The van der Waals surface area contributed by atoms with Gasteiger partial charge in [-0.3, -0.25) is 4.98 Å². The van der Waals surface area contributed by atoms with Crippen LogP contribution in [0.25, 0.3) is 43.4 Å². The number of fused-ring (bicyclic) bond motifs is 2. The molecule has 0 saturated carbocycles. The normalized spacial score (nSPS) is 11.9. The summed E-state index contributed by atoms with van der Waals surface area (Å²) < 4.78 is 3.41. The van der Waals surface area contributed by atoms with Gasteiger partial charge in [0.2, 0.25) is 5.52 Å². The predicted octanol–water partition coefficient (Wildman–Crippen LogP) is 7.94. The van der Waals surface area contributed by atoms with E-state index < -0.39 is 0 Å². The Labute approximate surface area is 212 Å². The lowest BCUT2D eigenvalue weighted by molar-refractivity contribution is -0.662. The van der Waals surface area contributed by atoms with Gasteiger partial charge < -0.3 is 0 Å². The standard InChI is InChI=1S/C31H34N3S/c1-18(2)12-23-14-26(21(6)25-13-20(5)8-10-24(23)25)30-31-29(33-17-34(30)7)27(16-35-31)22-9-11-28(19(3)4)32-15-22/h8-11,13-19H,12H2,1-7H3/q+1. The molecular formula is C31H34N3S+. The molecule has 0 N–H and O–H groups in total. The highest BCUT2D eigenvalue weighted by molar-refractivity contribution is 7.18. The van der Waals surface area contributed by atoms with Crippen LogP contribution in [0.4, 0.5) is 0 Å². The maximum absolute atomic E-state index is 4.88. The van der Waals surface area contributed by atoms with Crippen LogP contribution in [0, 0.1) is 19.8 Å². The molecule has 0 amide bonds. The SMILES string of the molecule is Cc1ccc2c(CC(C)C)cc(-c3c4scc(-c5ccc(C(C)C)nc5)c4nc[n+]3C)c(C)c2c1. The second-order valence-corrected chi connectivity index (χ2v) is 11.4. The lowest BCUT2D eigenvalue weighted by Crippen LogP contribution is -2.31. The molecule has 2 aromatic carbocycles. The van der Waals surface area contributed by atoms with E-state index >= 15 is 0 Å². The van der Waals surface area contributed by atoms with Crippen LogP contribution in [0.1, 0.15) is 56.0 Å². The molecule has 178 valence electrons. The molecule has 0 aliphatic carbocycles. The van der Waals surface area contributed by atoms with Gasteiger partial charge in [0.25, 0.3) is 6.33 Å². The van der Waals surface area contributed by atoms with E-state index in [0.29, 0.717) is 11.8 Å².